The lowest BCUT2D eigenvalue weighted by Crippen LogP contribution is -2.73. The van der Waals surface area contributed by atoms with E-state index in [1.165, 1.54) is 4.90 Å². The number of rotatable bonds is 6. The number of likely N-dealkylation sites (tertiary alicyclic amines) is 1. The van der Waals surface area contributed by atoms with Crippen LogP contribution in [0.2, 0.25) is 0 Å². The van der Waals surface area contributed by atoms with E-state index in [0.717, 1.165) is 5.56 Å². The number of ether oxygens (including phenoxy) is 3. The molecule has 2 rings (SSSR count). The number of hydrogen-bond donors (Lipinski definition) is 0. The van der Waals surface area contributed by atoms with Gasteiger partial charge in [0.25, 0.3) is 0 Å². The predicted molar refractivity (Wildman–Crippen MR) is 111 cm³/mol. The first-order chi connectivity index (χ1) is 13.3. The normalized spacial score (nSPS) is 22.0. The Morgan fingerprint density at radius 3 is 2.14 bits per heavy atom. The Hall–Kier alpha value is -2.08. The molecular formula is C23H35NO5. The van der Waals surface area contributed by atoms with Gasteiger partial charge in [0.05, 0.1) is 6.61 Å². The number of amides is 1. The number of esters is 1. The molecule has 1 amide bonds. The van der Waals surface area contributed by atoms with Crippen LogP contribution in [-0.2, 0) is 25.6 Å². The fraction of sp³-hybridized carbons (Fsp3) is 0.652. The Morgan fingerprint density at radius 1 is 1.03 bits per heavy atom. The van der Waals surface area contributed by atoms with Gasteiger partial charge in [-0.05, 0) is 47.1 Å². The van der Waals surface area contributed by atoms with Gasteiger partial charge in [0.1, 0.15) is 16.7 Å². The highest BCUT2D eigenvalue weighted by molar-refractivity contribution is 5.88. The van der Waals surface area contributed by atoms with Gasteiger partial charge in [0, 0.05) is 25.5 Å². The van der Waals surface area contributed by atoms with Crippen molar-refractivity contribution in [3.05, 3.63) is 35.9 Å². The highest BCUT2D eigenvalue weighted by Gasteiger charge is 2.61. The van der Waals surface area contributed by atoms with E-state index in [9.17, 15) is 9.59 Å². The Labute approximate surface area is 174 Å². The highest BCUT2D eigenvalue weighted by Crippen LogP contribution is 2.42. The zero-order chi connectivity index (χ0) is 21.9. The Balaban J connectivity index is 2.14. The van der Waals surface area contributed by atoms with Gasteiger partial charge in [-0.25, -0.2) is 9.59 Å². The molecule has 0 aromatic heterocycles. The smallest absolute Gasteiger partial charge is 0.411 e. The van der Waals surface area contributed by atoms with E-state index >= 15 is 0 Å². The largest absolute Gasteiger partial charge is 0.458 e. The summed E-state index contributed by atoms with van der Waals surface area (Å²) in [5, 5.41) is 0. The first-order valence-corrected chi connectivity index (χ1v) is 10.2. The van der Waals surface area contributed by atoms with Gasteiger partial charge in [-0.15, -0.1) is 0 Å². The van der Waals surface area contributed by atoms with Crippen LogP contribution < -0.4 is 0 Å². The van der Waals surface area contributed by atoms with E-state index in [1.54, 1.807) is 0 Å². The molecule has 0 N–H and O–H groups in total. The minimum atomic E-state index is -1.08. The molecule has 0 radical (unpaired) electrons. The summed E-state index contributed by atoms with van der Waals surface area (Å²) >= 11 is 0. The molecule has 2 atom stereocenters. The second-order valence-corrected chi connectivity index (χ2v) is 9.71. The summed E-state index contributed by atoms with van der Waals surface area (Å²) in [7, 11) is 0. The third-order valence-corrected chi connectivity index (χ3v) is 4.86. The van der Waals surface area contributed by atoms with Crippen LogP contribution in [-0.4, -0.2) is 46.9 Å². The van der Waals surface area contributed by atoms with E-state index in [0.29, 0.717) is 26.2 Å². The molecule has 1 saturated heterocycles. The number of carbonyl (C=O) groups is 2. The highest BCUT2D eigenvalue weighted by atomic mass is 16.6. The second kappa shape index (κ2) is 8.74. The Morgan fingerprint density at radius 2 is 1.62 bits per heavy atom. The molecule has 0 bridgehead atoms. The van der Waals surface area contributed by atoms with Crippen molar-refractivity contribution < 1.29 is 23.8 Å². The first kappa shape index (κ1) is 23.2. The lowest BCUT2D eigenvalue weighted by Gasteiger charge is -2.55. The fourth-order valence-electron chi connectivity index (χ4n) is 3.45. The van der Waals surface area contributed by atoms with Crippen LogP contribution in [0.1, 0.15) is 60.5 Å². The van der Waals surface area contributed by atoms with Crippen molar-refractivity contribution >= 4 is 12.1 Å². The molecule has 1 heterocycles. The topological polar surface area (TPSA) is 65.1 Å². The zero-order valence-electron chi connectivity index (χ0n) is 18.8. The van der Waals surface area contributed by atoms with Crippen LogP contribution in [0.4, 0.5) is 4.79 Å². The molecule has 0 saturated carbocycles. The molecule has 29 heavy (non-hydrogen) atoms. The quantitative estimate of drug-likeness (QED) is 0.513. The lowest BCUT2D eigenvalue weighted by atomic mass is 9.72. The average Bonchev–Trinajstić information content (AvgIpc) is 2.57. The lowest BCUT2D eigenvalue weighted by molar-refractivity contribution is -0.189. The molecule has 1 aliphatic heterocycles. The summed E-state index contributed by atoms with van der Waals surface area (Å²) in [4.78, 5) is 27.5. The third kappa shape index (κ3) is 5.95. The summed E-state index contributed by atoms with van der Waals surface area (Å²) in [6, 6.07) is 9.85. The van der Waals surface area contributed by atoms with Crippen molar-refractivity contribution in [2.75, 3.05) is 13.2 Å². The van der Waals surface area contributed by atoms with Gasteiger partial charge in [-0.1, -0.05) is 37.3 Å². The minimum absolute atomic E-state index is 0.0507. The van der Waals surface area contributed by atoms with Crippen molar-refractivity contribution in [1.82, 2.24) is 4.90 Å². The maximum Gasteiger partial charge on any atom is 0.411 e. The molecular weight excluding hydrogens is 370 g/mol. The van der Waals surface area contributed by atoms with Crippen LogP contribution in [0.25, 0.3) is 0 Å². The van der Waals surface area contributed by atoms with Crippen molar-refractivity contribution in [3.8, 4) is 0 Å². The number of hydrogen-bond acceptors (Lipinski definition) is 5. The molecule has 6 heteroatoms. The van der Waals surface area contributed by atoms with E-state index < -0.39 is 28.8 Å². The summed E-state index contributed by atoms with van der Waals surface area (Å²) in [6.07, 6.45) is -0.140. The van der Waals surface area contributed by atoms with Gasteiger partial charge in [0.15, 0.2) is 0 Å². The maximum atomic E-state index is 13.2. The van der Waals surface area contributed by atoms with Crippen molar-refractivity contribution in [3.63, 3.8) is 0 Å². The van der Waals surface area contributed by atoms with Crippen LogP contribution >= 0.6 is 0 Å². The predicted octanol–water partition coefficient (Wildman–Crippen LogP) is 4.56. The van der Waals surface area contributed by atoms with Crippen LogP contribution in [0.5, 0.6) is 0 Å². The molecule has 2 unspecified atom stereocenters. The summed E-state index contributed by atoms with van der Waals surface area (Å²) in [5.41, 5.74) is -1.31. The van der Waals surface area contributed by atoms with Crippen LogP contribution in [0, 0.1) is 5.92 Å². The van der Waals surface area contributed by atoms with Crippen LogP contribution in [0.15, 0.2) is 30.3 Å². The summed E-state index contributed by atoms with van der Waals surface area (Å²) < 4.78 is 17.1. The second-order valence-electron chi connectivity index (χ2n) is 9.71. The SMILES string of the molecule is CC1CN(C(=O)OC(C)(C)C)C1(CCOCc1ccccc1)C(=O)OC(C)(C)C. The van der Waals surface area contributed by atoms with Gasteiger partial charge < -0.3 is 14.2 Å². The average molecular weight is 406 g/mol. The maximum absolute atomic E-state index is 13.2. The van der Waals surface area contributed by atoms with E-state index in [-0.39, 0.29) is 5.92 Å². The number of carbonyl (C=O) groups excluding carboxylic acids is 2. The molecule has 0 aliphatic carbocycles. The first-order valence-electron chi connectivity index (χ1n) is 10.2. The van der Waals surface area contributed by atoms with Gasteiger partial charge >= 0.3 is 12.1 Å². The molecule has 1 aromatic carbocycles. The molecule has 0 spiro atoms. The number of nitrogens with zero attached hydrogens (tertiary/aromatic N) is 1. The fourth-order valence-corrected chi connectivity index (χ4v) is 3.45. The van der Waals surface area contributed by atoms with Crippen molar-refractivity contribution in [2.24, 2.45) is 5.92 Å². The Kier molecular flexibility index (Phi) is 6.99. The molecule has 6 nitrogen and oxygen atoms in total. The molecule has 162 valence electrons. The van der Waals surface area contributed by atoms with E-state index in [4.69, 9.17) is 14.2 Å². The minimum Gasteiger partial charge on any atom is -0.458 e. The third-order valence-electron chi connectivity index (χ3n) is 4.86. The summed E-state index contributed by atoms with van der Waals surface area (Å²) in [5.74, 6) is -0.455. The number of benzene rings is 1. The standard InChI is InChI=1S/C23H35NO5/c1-17-15-24(20(26)29-22(5,6)7)23(17,19(25)28-21(2,3)4)13-14-27-16-18-11-9-8-10-12-18/h8-12,17H,13-16H2,1-7H3. The van der Waals surface area contributed by atoms with Crippen molar-refractivity contribution in [1.29, 1.82) is 0 Å². The van der Waals surface area contributed by atoms with Crippen molar-refractivity contribution in [2.45, 2.75) is 78.2 Å². The van der Waals surface area contributed by atoms with Gasteiger partial charge in [0.2, 0.25) is 0 Å². The van der Waals surface area contributed by atoms with Gasteiger partial charge in [-0.2, -0.15) is 0 Å². The van der Waals surface area contributed by atoms with E-state index in [2.05, 4.69) is 0 Å². The molecule has 1 aliphatic rings. The molecule has 1 aromatic rings. The Bertz CT molecular complexity index is 704. The molecule has 1 fully saturated rings. The van der Waals surface area contributed by atoms with Gasteiger partial charge in [-0.3, -0.25) is 4.90 Å². The zero-order valence-corrected chi connectivity index (χ0v) is 18.8. The van der Waals surface area contributed by atoms with Crippen LogP contribution in [0.3, 0.4) is 0 Å². The van der Waals surface area contributed by atoms with E-state index in [1.807, 2.05) is 78.8 Å². The monoisotopic (exact) mass is 405 g/mol. The summed E-state index contributed by atoms with van der Waals surface area (Å²) in [6.45, 7) is 14.1.